The lowest BCUT2D eigenvalue weighted by Crippen LogP contribution is -2.27. The molecule has 0 saturated heterocycles. The predicted molar refractivity (Wildman–Crippen MR) is 84.1 cm³/mol. The maximum Gasteiger partial charge on any atom is 0.253 e. The maximum absolute atomic E-state index is 13.4. The van der Waals surface area contributed by atoms with Crippen molar-refractivity contribution in [3.8, 4) is 0 Å². The first-order chi connectivity index (χ1) is 9.49. The molecule has 0 spiro atoms. The molecule has 0 aromatic heterocycles. The van der Waals surface area contributed by atoms with E-state index in [0.717, 1.165) is 10.0 Å². The number of hydrogen-bond acceptors (Lipinski definition) is 1. The van der Waals surface area contributed by atoms with E-state index in [2.05, 4.69) is 37.2 Å². The number of rotatable bonds is 3. The molecule has 104 valence electrons. The second kappa shape index (κ2) is 6.50. The molecular weight excluding hydrogens is 389 g/mol. The predicted octanol–water partition coefficient (Wildman–Crippen LogP) is 4.84. The van der Waals surface area contributed by atoms with Crippen molar-refractivity contribution in [1.29, 1.82) is 0 Å². The van der Waals surface area contributed by atoms with Gasteiger partial charge < -0.3 is 5.32 Å². The summed E-state index contributed by atoms with van der Waals surface area (Å²) in [6.07, 6.45) is 0. The van der Waals surface area contributed by atoms with Crippen LogP contribution in [0.1, 0.15) is 28.9 Å². The highest BCUT2D eigenvalue weighted by atomic mass is 79.9. The third kappa shape index (κ3) is 3.46. The van der Waals surface area contributed by atoms with Crippen molar-refractivity contribution in [2.24, 2.45) is 0 Å². The molecule has 0 fully saturated rings. The molecule has 1 unspecified atom stereocenters. The summed E-state index contributed by atoms with van der Waals surface area (Å²) in [5.74, 6) is -0.763. The third-order valence-corrected chi connectivity index (χ3v) is 4.25. The number of hydrogen-bond donors (Lipinski definition) is 1. The Morgan fingerprint density at radius 1 is 1.15 bits per heavy atom. The average molecular weight is 401 g/mol. The van der Waals surface area contributed by atoms with Gasteiger partial charge >= 0.3 is 0 Å². The first-order valence-electron chi connectivity index (χ1n) is 5.99. The number of halogens is 3. The van der Waals surface area contributed by atoms with Crippen LogP contribution in [0.2, 0.25) is 0 Å². The molecule has 1 atom stereocenters. The fourth-order valence-electron chi connectivity index (χ4n) is 1.79. The Balaban J connectivity index is 2.15. The topological polar surface area (TPSA) is 29.1 Å². The smallest absolute Gasteiger partial charge is 0.253 e. The van der Waals surface area contributed by atoms with Crippen LogP contribution in [0, 0.1) is 5.82 Å². The van der Waals surface area contributed by atoms with Gasteiger partial charge in [-0.3, -0.25) is 4.79 Å². The lowest BCUT2D eigenvalue weighted by Gasteiger charge is -2.15. The number of carbonyl (C=O) groups excluding carboxylic acids is 1. The van der Waals surface area contributed by atoms with Crippen LogP contribution in [0.5, 0.6) is 0 Å². The van der Waals surface area contributed by atoms with Crippen molar-refractivity contribution < 1.29 is 9.18 Å². The molecular formula is C15H12Br2FNO. The summed E-state index contributed by atoms with van der Waals surface area (Å²) in [5, 5.41) is 2.85. The molecule has 5 heteroatoms. The zero-order chi connectivity index (χ0) is 14.7. The largest absolute Gasteiger partial charge is 0.345 e. The number of nitrogens with one attached hydrogen (secondary N) is 1. The maximum atomic E-state index is 13.4. The normalized spacial score (nSPS) is 12.0. The van der Waals surface area contributed by atoms with Crippen LogP contribution in [-0.2, 0) is 0 Å². The minimum absolute atomic E-state index is 0.161. The van der Waals surface area contributed by atoms with Crippen LogP contribution in [-0.4, -0.2) is 5.91 Å². The van der Waals surface area contributed by atoms with Crippen LogP contribution in [0.15, 0.2) is 51.4 Å². The third-order valence-electron chi connectivity index (χ3n) is 2.91. The molecule has 20 heavy (non-hydrogen) atoms. The van der Waals surface area contributed by atoms with Gasteiger partial charge in [0.05, 0.1) is 16.1 Å². The van der Waals surface area contributed by atoms with E-state index in [1.54, 1.807) is 6.07 Å². The monoisotopic (exact) mass is 399 g/mol. The molecule has 0 aliphatic rings. The van der Waals surface area contributed by atoms with E-state index in [0.29, 0.717) is 0 Å². The molecule has 0 heterocycles. The van der Waals surface area contributed by atoms with Gasteiger partial charge in [0.15, 0.2) is 0 Å². The van der Waals surface area contributed by atoms with Gasteiger partial charge in [0.1, 0.15) is 5.82 Å². The van der Waals surface area contributed by atoms with Gasteiger partial charge in [-0.15, -0.1) is 0 Å². The quantitative estimate of drug-likeness (QED) is 0.784. The minimum atomic E-state index is -0.450. The van der Waals surface area contributed by atoms with E-state index in [4.69, 9.17) is 0 Å². The Bertz CT molecular complexity index is 628. The SMILES string of the molecule is CC(NC(=O)c1cccc(F)c1Br)c1ccc(Br)cc1. The summed E-state index contributed by atoms with van der Waals surface area (Å²) >= 11 is 6.46. The van der Waals surface area contributed by atoms with Crippen molar-refractivity contribution in [3.05, 3.63) is 68.4 Å². The van der Waals surface area contributed by atoms with Gasteiger partial charge in [-0.2, -0.15) is 0 Å². The Labute approximate surface area is 133 Å². The van der Waals surface area contributed by atoms with Crippen LogP contribution in [0.4, 0.5) is 4.39 Å². The molecule has 0 aliphatic heterocycles. The molecule has 0 aliphatic carbocycles. The summed E-state index contributed by atoms with van der Waals surface area (Å²) in [6, 6.07) is 11.9. The van der Waals surface area contributed by atoms with E-state index in [9.17, 15) is 9.18 Å². The van der Waals surface area contributed by atoms with Gasteiger partial charge in [0.25, 0.3) is 5.91 Å². The Morgan fingerprint density at radius 2 is 1.80 bits per heavy atom. The van der Waals surface area contributed by atoms with Gasteiger partial charge in [-0.25, -0.2) is 4.39 Å². The van der Waals surface area contributed by atoms with Crippen molar-refractivity contribution in [2.45, 2.75) is 13.0 Å². The Morgan fingerprint density at radius 3 is 2.45 bits per heavy atom. The highest BCUT2D eigenvalue weighted by Gasteiger charge is 2.15. The highest BCUT2D eigenvalue weighted by Crippen LogP contribution is 2.22. The summed E-state index contributed by atoms with van der Waals surface area (Å²) in [4.78, 5) is 12.2. The lowest BCUT2D eigenvalue weighted by atomic mass is 10.1. The van der Waals surface area contributed by atoms with Gasteiger partial charge in [-0.1, -0.05) is 34.1 Å². The first-order valence-corrected chi connectivity index (χ1v) is 7.58. The minimum Gasteiger partial charge on any atom is -0.345 e. The second-order valence-electron chi connectivity index (χ2n) is 4.35. The first kappa shape index (κ1) is 15.2. The fourth-order valence-corrected chi connectivity index (χ4v) is 2.50. The summed E-state index contributed by atoms with van der Waals surface area (Å²) in [5.41, 5.74) is 1.27. The van der Waals surface area contributed by atoms with Gasteiger partial charge in [0, 0.05) is 4.47 Å². The van der Waals surface area contributed by atoms with Crippen molar-refractivity contribution in [2.75, 3.05) is 0 Å². The summed E-state index contributed by atoms with van der Waals surface area (Å²) in [6.45, 7) is 1.88. The van der Waals surface area contributed by atoms with E-state index in [1.165, 1.54) is 12.1 Å². The van der Waals surface area contributed by atoms with Crippen LogP contribution < -0.4 is 5.32 Å². The fraction of sp³-hybridized carbons (Fsp3) is 0.133. The zero-order valence-electron chi connectivity index (χ0n) is 10.7. The lowest BCUT2D eigenvalue weighted by molar-refractivity contribution is 0.0938. The van der Waals surface area contributed by atoms with Crippen LogP contribution >= 0.6 is 31.9 Å². The number of benzene rings is 2. The average Bonchev–Trinajstić information content (AvgIpc) is 2.42. The number of amides is 1. The second-order valence-corrected chi connectivity index (χ2v) is 6.06. The van der Waals surface area contributed by atoms with Crippen LogP contribution in [0.3, 0.4) is 0 Å². The molecule has 1 N–H and O–H groups in total. The summed E-state index contributed by atoms with van der Waals surface area (Å²) < 4.78 is 14.6. The van der Waals surface area contributed by atoms with Crippen molar-refractivity contribution >= 4 is 37.8 Å². The Kier molecular flexibility index (Phi) is 4.94. The van der Waals surface area contributed by atoms with Crippen molar-refractivity contribution in [1.82, 2.24) is 5.32 Å². The highest BCUT2D eigenvalue weighted by molar-refractivity contribution is 9.10. The molecule has 2 aromatic rings. The molecule has 2 nitrogen and oxygen atoms in total. The van der Waals surface area contributed by atoms with Crippen molar-refractivity contribution in [3.63, 3.8) is 0 Å². The Hall–Kier alpha value is -1.20. The van der Waals surface area contributed by atoms with E-state index < -0.39 is 5.82 Å². The van der Waals surface area contributed by atoms with E-state index in [1.807, 2.05) is 31.2 Å². The molecule has 1 amide bonds. The standard InChI is InChI=1S/C15H12Br2FNO/c1-9(10-5-7-11(16)8-6-10)19-15(20)12-3-2-4-13(18)14(12)17/h2-9H,1H3,(H,19,20). The van der Waals surface area contributed by atoms with E-state index in [-0.39, 0.29) is 22.0 Å². The summed E-state index contributed by atoms with van der Waals surface area (Å²) in [7, 11) is 0. The van der Waals surface area contributed by atoms with Gasteiger partial charge in [0.2, 0.25) is 0 Å². The number of carbonyl (C=O) groups is 1. The zero-order valence-corrected chi connectivity index (χ0v) is 13.8. The molecule has 0 bridgehead atoms. The van der Waals surface area contributed by atoms with Crippen LogP contribution in [0.25, 0.3) is 0 Å². The molecule has 0 saturated carbocycles. The molecule has 0 radical (unpaired) electrons. The van der Waals surface area contributed by atoms with E-state index >= 15 is 0 Å². The van der Waals surface area contributed by atoms with Gasteiger partial charge in [-0.05, 0) is 52.7 Å². The molecule has 2 aromatic carbocycles. The molecule has 2 rings (SSSR count).